The molecule has 1 atom stereocenters. The Balaban J connectivity index is 1.40. The van der Waals surface area contributed by atoms with E-state index in [0.29, 0.717) is 0 Å². The van der Waals surface area contributed by atoms with Gasteiger partial charge >= 0.3 is 0 Å². The molecule has 0 radical (unpaired) electrons. The number of amides is 1. The third-order valence-corrected chi connectivity index (χ3v) is 7.47. The number of rotatable bonds is 8. The molecule has 1 saturated heterocycles. The summed E-state index contributed by atoms with van der Waals surface area (Å²) in [6.07, 6.45) is 0. The van der Waals surface area contributed by atoms with Crippen molar-refractivity contribution >= 4 is 28.1 Å². The summed E-state index contributed by atoms with van der Waals surface area (Å²) >= 11 is 1.63. The van der Waals surface area contributed by atoms with Crippen LogP contribution in [-0.4, -0.2) is 48.7 Å². The van der Waals surface area contributed by atoms with Crippen LogP contribution in [0, 0.1) is 6.92 Å². The Hall–Kier alpha value is -3.26. The Morgan fingerprint density at radius 2 is 1.97 bits per heavy atom. The lowest BCUT2D eigenvalue weighted by molar-refractivity contribution is -0.123. The van der Waals surface area contributed by atoms with E-state index in [1.807, 2.05) is 55.6 Å². The molecule has 6 nitrogen and oxygen atoms in total. The minimum Gasteiger partial charge on any atom is -0.483 e. The number of ether oxygens (including phenoxy) is 2. The van der Waals surface area contributed by atoms with Crippen LogP contribution in [0.15, 0.2) is 66.0 Å². The van der Waals surface area contributed by atoms with Gasteiger partial charge in [0, 0.05) is 41.2 Å². The van der Waals surface area contributed by atoms with Crippen molar-refractivity contribution in [2.24, 2.45) is 0 Å². The van der Waals surface area contributed by atoms with Crippen LogP contribution in [0.4, 0.5) is 0 Å². The van der Waals surface area contributed by atoms with Gasteiger partial charge in [-0.25, -0.2) is 0 Å². The molecule has 1 amide bonds. The van der Waals surface area contributed by atoms with Crippen LogP contribution >= 0.6 is 11.3 Å². The smallest absolute Gasteiger partial charge is 0.258 e. The third kappa shape index (κ3) is 5.75. The Morgan fingerprint density at radius 1 is 1.14 bits per heavy atom. The molecule has 5 rings (SSSR count). The highest BCUT2D eigenvalue weighted by Gasteiger charge is 2.17. The number of para-hydroxylation sites is 1. The molecule has 1 aliphatic heterocycles. The van der Waals surface area contributed by atoms with Gasteiger partial charge in [0.05, 0.1) is 24.8 Å². The fourth-order valence-electron chi connectivity index (χ4n) is 4.59. The molecule has 4 aromatic rings. The molecule has 2 aromatic carbocycles. The molecule has 36 heavy (non-hydrogen) atoms. The first-order chi connectivity index (χ1) is 17.6. The van der Waals surface area contributed by atoms with Crippen molar-refractivity contribution in [2.45, 2.75) is 26.4 Å². The molecule has 3 heterocycles. The number of aromatic nitrogens is 1. The molecular formula is C29H31N3O3S. The summed E-state index contributed by atoms with van der Waals surface area (Å²) in [4.78, 5) is 20.8. The van der Waals surface area contributed by atoms with Crippen molar-refractivity contribution in [1.82, 2.24) is 15.2 Å². The van der Waals surface area contributed by atoms with Crippen molar-refractivity contribution in [3.05, 3.63) is 82.2 Å². The number of benzene rings is 2. The Morgan fingerprint density at radius 3 is 2.78 bits per heavy atom. The van der Waals surface area contributed by atoms with E-state index < -0.39 is 0 Å². The van der Waals surface area contributed by atoms with Crippen LogP contribution in [0.25, 0.3) is 22.0 Å². The van der Waals surface area contributed by atoms with E-state index in [4.69, 9.17) is 14.5 Å². The molecule has 0 unspecified atom stereocenters. The maximum atomic E-state index is 12.6. The monoisotopic (exact) mass is 501 g/mol. The van der Waals surface area contributed by atoms with E-state index >= 15 is 0 Å². The lowest BCUT2D eigenvalue weighted by atomic mass is 9.98. The van der Waals surface area contributed by atoms with E-state index in [1.165, 1.54) is 0 Å². The van der Waals surface area contributed by atoms with Crippen molar-refractivity contribution in [2.75, 3.05) is 32.9 Å². The first-order valence-corrected chi connectivity index (χ1v) is 13.2. The number of carbonyl (C=O) groups excluding carboxylic acids is 1. The molecule has 0 bridgehead atoms. The molecule has 2 aromatic heterocycles. The second kappa shape index (κ2) is 11.2. The van der Waals surface area contributed by atoms with Crippen LogP contribution in [0.3, 0.4) is 0 Å². The number of aryl methyl sites for hydroxylation is 1. The van der Waals surface area contributed by atoms with E-state index in [-0.39, 0.29) is 18.6 Å². The fourth-order valence-corrected chi connectivity index (χ4v) is 5.33. The fraction of sp³-hybridized carbons (Fsp3) is 0.310. The van der Waals surface area contributed by atoms with Gasteiger partial charge < -0.3 is 14.8 Å². The lowest BCUT2D eigenvalue weighted by Crippen LogP contribution is -2.36. The minimum absolute atomic E-state index is 0.0253. The number of fused-ring (bicyclic) bond motifs is 1. The number of morpholine rings is 1. The number of carbonyl (C=O) groups is 1. The molecule has 7 heteroatoms. The Bertz CT molecular complexity index is 1330. The van der Waals surface area contributed by atoms with Crippen molar-refractivity contribution in [3.8, 4) is 16.9 Å². The second-order valence-electron chi connectivity index (χ2n) is 9.13. The topological polar surface area (TPSA) is 63.7 Å². The summed E-state index contributed by atoms with van der Waals surface area (Å²) in [7, 11) is 0. The van der Waals surface area contributed by atoms with Gasteiger partial charge in [-0.3, -0.25) is 14.7 Å². The van der Waals surface area contributed by atoms with E-state index in [1.54, 1.807) is 11.3 Å². The highest BCUT2D eigenvalue weighted by atomic mass is 32.1. The van der Waals surface area contributed by atoms with Gasteiger partial charge in [0.25, 0.3) is 5.91 Å². The summed E-state index contributed by atoms with van der Waals surface area (Å²) in [6, 6.07) is 20.6. The summed E-state index contributed by atoms with van der Waals surface area (Å²) in [5, 5.41) is 6.17. The number of thiophene rings is 1. The molecule has 1 N–H and O–H groups in total. The van der Waals surface area contributed by atoms with Crippen LogP contribution in [-0.2, 0) is 16.1 Å². The van der Waals surface area contributed by atoms with Gasteiger partial charge in [-0.15, -0.1) is 11.3 Å². The normalized spacial score (nSPS) is 15.1. The first kappa shape index (κ1) is 24.4. The zero-order chi connectivity index (χ0) is 24.9. The second-order valence-corrected chi connectivity index (χ2v) is 10.1. The zero-order valence-electron chi connectivity index (χ0n) is 20.7. The third-order valence-electron chi connectivity index (χ3n) is 6.42. The van der Waals surface area contributed by atoms with Gasteiger partial charge in [-0.2, -0.15) is 0 Å². The lowest BCUT2D eigenvalue weighted by Gasteiger charge is -2.27. The number of pyridine rings is 1. The van der Waals surface area contributed by atoms with Gasteiger partial charge in [-0.05, 0) is 60.7 Å². The average molecular weight is 502 g/mol. The van der Waals surface area contributed by atoms with E-state index in [2.05, 4.69) is 34.5 Å². The maximum Gasteiger partial charge on any atom is 0.258 e. The summed E-state index contributed by atoms with van der Waals surface area (Å²) in [5.74, 6) is 0.604. The van der Waals surface area contributed by atoms with Crippen molar-refractivity contribution < 1.29 is 14.3 Å². The number of hydrogen-bond acceptors (Lipinski definition) is 6. The van der Waals surface area contributed by atoms with Gasteiger partial charge in [-0.1, -0.05) is 30.3 Å². The average Bonchev–Trinajstić information content (AvgIpc) is 3.43. The largest absolute Gasteiger partial charge is 0.483 e. The van der Waals surface area contributed by atoms with Crippen LogP contribution in [0.1, 0.15) is 29.1 Å². The predicted molar refractivity (Wildman–Crippen MR) is 144 cm³/mol. The zero-order valence-corrected chi connectivity index (χ0v) is 21.5. The first-order valence-electron chi connectivity index (χ1n) is 12.3. The molecule has 0 spiro atoms. The van der Waals surface area contributed by atoms with E-state index in [9.17, 15) is 4.79 Å². The summed E-state index contributed by atoms with van der Waals surface area (Å²) in [6.45, 7) is 7.94. The van der Waals surface area contributed by atoms with E-state index in [0.717, 1.165) is 76.8 Å². The molecular weight excluding hydrogens is 470 g/mol. The highest BCUT2D eigenvalue weighted by molar-refractivity contribution is 7.10. The Kier molecular flexibility index (Phi) is 7.60. The van der Waals surface area contributed by atoms with Crippen molar-refractivity contribution in [3.63, 3.8) is 0 Å². The number of nitrogens with one attached hydrogen (secondary N) is 1. The van der Waals surface area contributed by atoms with Crippen LogP contribution in [0.5, 0.6) is 5.75 Å². The molecule has 0 saturated carbocycles. The van der Waals surface area contributed by atoms with Crippen LogP contribution < -0.4 is 10.1 Å². The highest BCUT2D eigenvalue weighted by Crippen LogP contribution is 2.33. The molecule has 1 aliphatic rings. The summed E-state index contributed by atoms with van der Waals surface area (Å²) < 4.78 is 11.6. The predicted octanol–water partition coefficient (Wildman–Crippen LogP) is 5.36. The number of nitrogens with zero attached hydrogens (tertiary/aromatic N) is 2. The molecule has 0 aliphatic carbocycles. The van der Waals surface area contributed by atoms with Gasteiger partial charge in [0.15, 0.2) is 6.61 Å². The number of hydrogen-bond donors (Lipinski definition) is 1. The van der Waals surface area contributed by atoms with Crippen molar-refractivity contribution in [1.29, 1.82) is 0 Å². The van der Waals surface area contributed by atoms with Crippen LogP contribution in [0.2, 0.25) is 0 Å². The van der Waals surface area contributed by atoms with Gasteiger partial charge in [0.1, 0.15) is 5.75 Å². The molecule has 186 valence electrons. The summed E-state index contributed by atoms with van der Waals surface area (Å²) in [5.41, 5.74) is 5.29. The maximum absolute atomic E-state index is 12.6. The standard InChI is InChI=1S/C29H31N3O3S/c1-20-16-25(24-6-3-4-7-26(24)30-20)22-9-10-27(23(17-22)18-32-11-13-34-14-12-32)35-19-29(33)31-21(2)28-8-5-15-36-28/h3-10,15-17,21H,11-14,18-19H2,1-2H3,(H,31,33)/t21-/m1/s1. The minimum atomic E-state index is -0.131. The Labute approximate surface area is 215 Å². The van der Waals surface area contributed by atoms with Gasteiger partial charge in [0.2, 0.25) is 0 Å². The quantitative estimate of drug-likeness (QED) is 0.352. The molecule has 1 fully saturated rings. The SMILES string of the molecule is Cc1cc(-c2ccc(OCC(=O)N[C@H](C)c3cccs3)c(CN3CCOCC3)c2)c2ccccc2n1.